The van der Waals surface area contributed by atoms with Crippen molar-refractivity contribution >= 4 is 33.7 Å². The molecule has 0 aliphatic rings. The van der Waals surface area contributed by atoms with Crippen LogP contribution in [0.15, 0.2) is 54.7 Å². The molecule has 6 heteroatoms. The maximum Gasteiger partial charge on any atom is 0.308 e. The molecule has 3 aromatic heterocycles. The SMILES string of the molecule is CC(=O)Oc1cn(-c2ccc(C(C)C)cc2)c2nc(C)n3c4ccccc4nc3c12. The van der Waals surface area contributed by atoms with Gasteiger partial charge in [0.1, 0.15) is 11.2 Å². The van der Waals surface area contributed by atoms with Crippen LogP contribution in [0, 0.1) is 6.92 Å². The normalized spacial score (nSPS) is 11.8. The van der Waals surface area contributed by atoms with Crippen LogP contribution in [0.2, 0.25) is 0 Å². The fraction of sp³-hybridized carbons (Fsp3) is 0.208. The molecule has 150 valence electrons. The highest BCUT2D eigenvalue weighted by Crippen LogP contribution is 2.35. The minimum atomic E-state index is -0.376. The highest BCUT2D eigenvalue weighted by Gasteiger charge is 2.21. The third-order valence-electron chi connectivity index (χ3n) is 5.41. The Morgan fingerprint density at radius 3 is 2.43 bits per heavy atom. The summed E-state index contributed by atoms with van der Waals surface area (Å²) in [6.45, 7) is 7.71. The van der Waals surface area contributed by atoms with Gasteiger partial charge in [0.05, 0.1) is 17.2 Å². The van der Waals surface area contributed by atoms with Gasteiger partial charge < -0.3 is 4.74 Å². The maximum absolute atomic E-state index is 11.8. The summed E-state index contributed by atoms with van der Waals surface area (Å²) < 4.78 is 9.56. The molecule has 0 N–H and O–H groups in total. The average Bonchev–Trinajstić information content (AvgIpc) is 3.26. The van der Waals surface area contributed by atoms with E-state index >= 15 is 0 Å². The summed E-state index contributed by atoms with van der Waals surface area (Å²) in [5, 5.41) is 0.722. The van der Waals surface area contributed by atoms with E-state index in [-0.39, 0.29) is 5.97 Å². The van der Waals surface area contributed by atoms with Crippen molar-refractivity contribution in [1.82, 2.24) is 18.9 Å². The quantitative estimate of drug-likeness (QED) is 0.393. The molecule has 0 atom stereocenters. The Balaban J connectivity index is 1.85. The number of rotatable bonds is 3. The Morgan fingerprint density at radius 2 is 1.73 bits per heavy atom. The van der Waals surface area contributed by atoms with E-state index in [1.54, 1.807) is 0 Å². The smallest absolute Gasteiger partial charge is 0.308 e. The summed E-state index contributed by atoms with van der Waals surface area (Å²) in [4.78, 5) is 21.5. The monoisotopic (exact) mass is 398 g/mol. The number of ether oxygens (including phenoxy) is 1. The zero-order chi connectivity index (χ0) is 21.0. The second kappa shape index (κ2) is 6.69. The van der Waals surface area contributed by atoms with Gasteiger partial charge in [-0.05, 0) is 42.7 Å². The van der Waals surface area contributed by atoms with Crippen LogP contribution in [0.3, 0.4) is 0 Å². The molecule has 0 radical (unpaired) electrons. The number of benzene rings is 2. The number of hydrogen-bond donors (Lipinski definition) is 0. The van der Waals surface area contributed by atoms with Crippen LogP contribution in [0.4, 0.5) is 0 Å². The molecular formula is C24H22N4O2. The lowest BCUT2D eigenvalue weighted by Gasteiger charge is -2.09. The second-order valence-corrected chi connectivity index (χ2v) is 7.82. The number of aryl methyl sites for hydroxylation is 1. The van der Waals surface area contributed by atoms with E-state index < -0.39 is 0 Å². The maximum atomic E-state index is 11.8. The third-order valence-corrected chi connectivity index (χ3v) is 5.41. The first-order valence-electron chi connectivity index (χ1n) is 10.0. The molecule has 0 bridgehead atoms. The van der Waals surface area contributed by atoms with Crippen molar-refractivity contribution in [3.8, 4) is 11.4 Å². The van der Waals surface area contributed by atoms with Crippen LogP contribution >= 0.6 is 0 Å². The van der Waals surface area contributed by atoms with Gasteiger partial charge in [-0.15, -0.1) is 0 Å². The molecular weight excluding hydrogens is 376 g/mol. The molecule has 2 aromatic carbocycles. The fourth-order valence-electron chi connectivity index (χ4n) is 3.97. The van der Waals surface area contributed by atoms with Crippen LogP contribution in [-0.2, 0) is 4.79 Å². The van der Waals surface area contributed by atoms with E-state index in [1.807, 2.05) is 46.4 Å². The lowest BCUT2D eigenvalue weighted by molar-refractivity contribution is -0.131. The third kappa shape index (κ3) is 2.76. The van der Waals surface area contributed by atoms with Gasteiger partial charge >= 0.3 is 5.97 Å². The molecule has 0 aliphatic carbocycles. The first-order valence-corrected chi connectivity index (χ1v) is 10.0. The van der Waals surface area contributed by atoms with Gasteiger partial charge in [0, 0.05) is 12.6 Å². The number of imidazole rings is 1. The minimum Gasteiger partial charge on any atom is -0.424 e. The van der Waals surface area contributed by atoms with E-state index in [9.17, 15) is 4.79 Å². The van der Waals surface area contributed by atoms with Crippen molar-refractivity contribution in [3.05, 3.63) is 66.1 Å². The first-order chi connectivity index (χ1) is 14.4. The molecule has 0 amide bonds. The van der Waals surface area contributed by atoms with E-state index in [0.717, 1.165) is 33.6 Å². The van der Waals surface area contributed by atoms with Gasteiger partial charge in [-0.1, -0.05) is 38.1 Å². The molecule has 0 spiro atoms. The largest absolute Gasteiger partial charge is 0.424 e. The summed E-state index contributed by atoms with van der Waals surface area (Å²) in [6, 6.07) is 16.3. The van der Waals surface area contributed by atoms with Crippen molar-refractivity contribution in [2.75, 3.05) is 0 Å². The fourth-order valence-corrected chi connectivity index (χ4v) is 3.97. The minimum absolute atomic E-state index is 0.376. The molecule has 6 nitrogen and oxygen atoms in total. The van der Waals surface area contributed by atoms with Gasteiger partial charge in [-0.2, -0.15) is 0 Å². The highest BCUT2D eigenvalue weighted by molar-refractivity contribution is 6.01. The number of carbonyl (C=O) groups is 1. The summed E-state index contributed by atoms with van der Waals surface area (Å²) >= 11 is 0. The van der Waals surface area contributed by atoms with Crippen molar-refractivity contribution in [2.45, 2.75) is 33.6 Å². The van der Waals surface area contributed by atoms with Gasteiger partial charge in [-0.3, -0.25) is 13.8 Å². The lowest BCUT2D eigenvalue weighted by Crippen LogP contribution is -2.02. The lowest BCUT2D eigenvalue weighted by atomic mass is 10.0. The average molecular weight is 398 g/mol. The van der Waals surface area contributed by atoms with Crippen LogP contribution in [0.1, 0.15) is 38.1 Å². The van der Waals surface area contributed by atoms with E-state index in [0.29, 0.717) is 17.3 Å². The molecule has 0 saturated carbocycles. The number of fused-ring (bicyclic) bond motifs is 5. The van der Waals surface area contributed by atoms with Crippen LogP contribution in [0.5, 0.6) is 5.75 Å². The van der Waals surface area contributed by atoms with Gasteiger partial charge in [0.2, 0.25) is 0 Å². The van der Waals surface area contributed by atoms with Crippen LogP contribution in [-0.4, -0.2) is 24.9 Å². The van der Waals surface area contributed by atoms with Crippen molar-refractivity contribution < 1.29 is 9.53 Å². The van der Waals surface area contributed by atoms with E-state index in [4.69, 9.17) is 14.7 Å². The summed E-state index contributed by atoms with van der Waals surface area (Å²) in [5.41, 5.74) is 5.51. The molecule has 3 heterocycles. The number of para-hydroxylation sites is 2. The van der Waals surface area contributed by atoms with Crippen molar-refractivity contribution in [3.63, 3.8) is 0 Å². The zero-order valence-electron chi connectivity index (χ0n) is 17.4. The molecule has 0 aliphatic heterocycles. The number of carbonyl (C=O) groups excluding carboxylic acids is 1. The summed E-state index contributed by atoms with van der Waals surface area (Å²) in [5.74, 6) is 1.35. The van der Waals surface area contributed by atoms with Crippen molar-refractivity contribution in [2.24, 2.45) is 0 Å². The summed E-state index contributed by atoms with van der Waals surface area (Å²) in [7, 11) is 0. The Kier molecular flexibility index (Phi) is 4.10. The van der Waals surface area contributed by atoms with Gasteiger partial charge in [-0.25, -0.2) is 9.97 Å². The molecule has 5 aromatic rings. The first kappa shape index (κ1) is 18.4. The number of aromatic nitrogens is 4. The molecule has 30 heavy (non-hydrogen) atoms. The Bertz CT molecular complexity index is 1430. The Morgan fingerprint density at radius 1 is 1.00 bits per heavy atom. The topological polar surface area (TPSA) is 61.4 Å². The van der Waals surface area contributed by atoms with E-state index in [1.165, 1.54) is 12.5 Å². The van der Waals surface area contributed by atoms with Gasteiger partial charge in [0.25, 0.3) is 0 Å². The highest BCUT2D eigenvalue weighted by atomic mass is 16.5. The second-order valence-electron chi connectivity index (χ2n) is 7.82. The standard InChI is InChI=1S/C24H22N4O2/c1-14(2)17-9-11-18(12-10-17)27-13-21(30-16(4)29)22-23(27)25-15(3)28-20-8-6-5-7-19(20)26-24(22)28/h5-14H,1-4H3. The summed E-state index contributed by atoms with van der Waals surface area (Å²) in [6.07, 6.45) is 1.82. The number of nitrogens with zero attached hydrogens (tertiary/aromatic N) is 4. The number of esters is 1. The Hall–Kier alpha value is -3.67. The van der Waals surface area contributed by atoms with Crippen LogP contribution < -0.4 is 4.74 Å². The van der Waals surface area contributed by atoms with Gasteiger partial charge in [0.15, 0.2) is 17.0 Å². The Labute approximate surface area is 173 Å². The predicted octanol–water partition coefficient (Wildman–Crippen LogP) is 5.18. The van der Waals surface area contributed by atoms with Crippen LogP contribution in [0.25, 0.3) is 33.4 Å². The van der Waals surface area contributed by atoms with Crippen molar-refractivity contribution in [1.29, 1.82) is 0 Å². The molecule has 5 rings (SSSR count). The zero-order valence-corrected chi connectivity index (χ0v) is 17.4. The molecule has 0 saturated heterocycles. The predicted molar refractivity (Wildman–Crippen MR) is 117 cm³/mol. The molecule has 0 fully saturated rings. The molecule has 0 unspecified atom stereocenters. The number of hydrogen-bond acceptors (Lipinski definition) is 4. The van der Waals surface area contributed by atoms with E-state index in [2.05, 4.69) is 38.1 Å².